The molecule has 12 heteroatoms. The predicted molar refractivity (Wildman–Crippen MR) is 132 cm³/mol. The van der Waals surface area contributed by atoms with Gasteiger partial charge in [-0.1, -0.05) is 38.5 Å². The molecule has 3 amide bonds. The van der Waals surface area contributed by atoms with Gasteiger partial charge in [0, 0.05) is 23.5 Å². The lowest BCUT2D eigenvalue weighted by Crippen LogP contribution is -2.60. The molecule has 6 unspecified atom stereocenters. The maximum Gasteiger partial charge on any atom is 0.328 e. The van der Waals surface area contributed by atoms with Gasteiger partial charge in [-0.3, -0.25) is 14.4 Å². The van der Waals surface area contributed by atoms with Gasteiger partial charge in [-0.2, -0.15) is 0 Å². The molecule has 12 nitrogen and oxygen atoms in total. The Kier molecular flexibility index (Phi) is 10.4. The predicted octanol–water partition coefficient (Wildman–Crippen LogP) is -1.00. The summed E-state index contributed by atoms with van der Waals surface area (Å²) in [6, 6.07) is 2.23. The molecule has 2 aromatic rings. The van der Waals surface area contributed by atoms with Gasteiger partial charge in [0.2, 0.25) is 17.7 Å². The Morgan fingerprint density at radius 2 is 1.64 bits per heavy atom. The Hall–Kier alpha value is -3.48. The molecular formula is C24H35N5O7. The average Bonchev–Trinajstić information content (AvgIpc) is 3.26. The number of amides is 3. The number of nitrogens with one attached hydrogen (secondary N) is 4. The standard InChI is InChI=1S/C24H35N5O7/c1-4-12(2)20(29-22(33)19(25)13(3)31)23(34)27-17(21(32)28-18(11-30)24(35)36)9-14-10-26-16-8-6-5-7-15(14)16/h5-8,10,12-13,17-20,26,30-31H,4,9,11,25H2,1-3H3,(H,27,34)(H,28,32)(H,29,33)(H,35,36). The highest BCUT2D eigenvalue weighted by Crippen LogP contribution is 2.19. The van der Waals surface area contributed by atoms with E-state index in [1.807, 2.05) is 31.2 Å². The summed E-state index contributed by atoms with van der Waals surface area (Å²) in [5, 5.41) is 36.4. The van der Waals surface area contributed by atoms with Crippen LogP contribution in [0.2, 0.25) is 0 Å². The highest BCUT2D eigenvalue weighted by molar-refractivity contribution is 5.95. The summed E-state index contributed by atoms with van der Waals surface area (Å²) >= 11 is 0. The zero-order valence-corrected chi connectivity index (χ0v) is 20.5. The number of aliphatic carboxylic acids is 1. The first-order valence-corrected chi connectivity index (χ1v) is 11.7. The van der Waals surface area contributed by atoms with Gasteiger partial charge >= 0.3 is 5.97 Å². The van der Waals surface area contributed by atoms with E-state index in [-0.39, 0.29) is 12.3 Å². The number of aromatic nitrogens is 1. The van der Waals surface area contributed by atoms with Crippen molar-refractivity contribution >= 4 is 34.6 Å². The van der Waals surface area contributed by atoms with Gasteiger partial charge in [-0.15, -0.1) is 0 Å². The first-order chi connectivity index (χ1) is 17.0. The van der Waals surface area contributed by atoms with E-state index >= 15 is 0 Å². The quantitative estimate of drug-likeness (QED) is 0.169. The molecule has 0 spiro atoms. The molecule has 1 aromatic carbocycles. The van der Waals surface area contributed by atoms with E-state index in [0.29, 0.717) is 12.0 Å². The normalized spacial score (nSPS) is 16.3. The number of aliphatic hydroxyl groups excluding tert-OH is 2. The van der Waals surface area contributed by atoms with Gasteiger partial charge in [0.15, 0.2) is 0 Å². The van der Waals surface area contributed by atoms with Crippen molar-refractivity contribution in [2.45, 2.75) is 63.9 Å². The number of hydrogen-bond donors (Lipinski definition) is 8. The fourth-order valence-corrected chi connectivity index (χ4v) is 3.62. The Balaban J connectivity index is 2.33. The summed E-state index contributed by atoms with van der Waals surface area (Å²) < 4.78 is 0. The zero-order chi connectivity index (χ0) is 27.0. The number of aromatic amines is 1. The second-order valence-corrected chi connectivity index (χ2v) is 8.84. The number of carbonyl (C=O) groups is 4. The zero-order valence-electron chi connectivity index (χ0n) is 20.5. The fraction of sp³-hybridized carbons (Fsp3) is 0.500. The summed E-state index contributed by atoms with van der Waals surface area (Å²) in [6.07, 6.45) is 1.06. The number of carboxylic acid groups (broad SMARTS) is 1. The first kappa shape index (κ1) is 28.8. The lowest BCUT2D eigenvalue weighted by Gasteiger charge is -2.28. The van der Waals surface area contributed by atoms with Gasteiger partial charge in [0.05, 0.1) is 12.7 Å². The molecule has 0 radical (unpaired) electrons. The van der Waals surface area contributed by atoms with Crippen LogP contribution in [0.5, 0.6) is 0 Å². The number of nitrogens with two attached hydrogens (primary N) is 1. The van der Waals surface area contributed by atoms with Crippen LogP contribution in [0.1, 0.15) is 32.8 Å². The molecule has 1 heterocycles. The largest absolute Gasteiger partial charge is 0.480 e. The highest BCUT2D eigenvalue weighted by atomic mass is 16.4. The number of fused-ring (bicyclic) bond motifs is 1. The Labute approximate surface area is 208 Å². The summed E-state index contributed by atoms with van der Waals surface area (Å²) in [7, 11) is 0. The van der Waals surface area contributed by atoms with Gasteiger partial charge in [-0.25, -0.2) is 4.79 Å². The fourth-order valence-electron chi connectivity index (χ4n) is 3.62. The number of aliphatic hydroxyl groups is 2. The Morgan fingerprint density at radius 3 is 2.22 bits per heavy atom. The lowest BCUT2D eigenvalue weighted by atomic mass is 9.96. The minimum atomic E-state index is -1.56. The van der Waals surface area contributed by atoms with E-state index in [4.69, 9.17) is 5.73 Å². The number of carboxylic acids is 1. The molecule has 9 N–H and O–H groups in total. The molecule has 198 valence electrons. The number of H-pyrrole nitrogens is 1. The van der Waals surface area contributed by atoms with Gasteiger partial charge < -0.3 is 42.0 Å². The van der Waals surface area contributed by atoms with Crippen LogP contribution in [0, 0.1) is 5.92 Å². The average molecular weight is 506 g/mol. The van der Waals surface area contributed by atoms with E-state index in [9.17, 15) is 34.5 Å². The number of rotatable bonds is 13. The van der Waals surface area contributed by atoms with Crippen LogP contribution >= 0.6 is 0 Å². The van der Waals surface area contributed by atoms with Crippen molar-refractivity contribution in [2.75, 3.05) is 6.61 Å². The van der Waals surface area contributed by atoms with Crippen molar-refractivity contribution in [3.63, 3.8) is 0 Å². The van der Waals surface area contributed by atoms with Crippen molar-refractivity contribution < 1.29 is 34.5 Å². The van der Waals surface area contributed by atoms with Crippen LogP contribution in [0.4, 0.5) is 0 Å². The van der Waals surface area contributed by atoms with Gasteiger partial charge in [0.25, 0.3) is 0 Å². The van der Waals surface area contributed by atoms with E-state index < -0.39 is 60.6 Å². The van der Waals surface area contributed by atoms with Crippen molar-refractivity contribution in [1.82, 2.24) is 20.9 Å². The van der Waals surface area contributed by atoms with E-state index in [2.05, 4.69) is 20.9 Å². The maximum absolute atomic E-state index is 13.3. The number of hydrogen-bond acceptors (Lipinski definition) is 7. The van der Waals surface area contributed by atoms with Gasteiger partial charge in [-0.05, 0) is 24.5 Å². The van der Waals surface area contributed by atoms with Crippen LogP contribution in [0.3, 0.4) is 0 Å². The van der Waals surface area contributed by atoms with Crippen molar-refractivity contribution in [2.24, 2.45) is 11.7 Å². The van der Waals surface area contributed by atoms with E-state index in [1.165, 1.54) is 6.92 Å². The lowest BCUT2D eigenvalue weighted by molar-refractivity contribution is -0.143. The topological polar surface area (TPSA) is 207 Å². The minimum Gasteiger partial charge on any atom is -0.480 e. The maximum atomic E-state index is 13.3. The summed E-state index contributed by atoms with van der Waals surface area (Å²) in [5.41, 5.74) is 7.21. The van der Waals surface area contributed by atoms with Crippen molar-refractivity contribution in [3.8, 4) is 0 Å². The van der Waals surface area contributed by atoms with Crippen LogP contribution < -0.4 is 21.7 Å². The highest BCUT2D eigenvalue weighted by Gasteiger charge is 2.33. The second kappa shape index (κ2) is 13.0. The molecule has 6 atom stereocenters. The number of para-hydroxylation sites is 1. The molecule has 0 fully saturated rings. The van der Waals surface area contributed by atoms with Crippen LogP contribution in [-0.2, 0) is 25.6 Å². The molecular weight excluding hydrogens is 470 g/mol. The number of carbonyl (C=O) groups excluding carboxylic acids is 3. The van der Waals surface area contributed by atoms with Crippen LogP contribution in [0.15, 0.2) is 30.5 Å². The SMILES string of the molecule is CCC(C)C(NC(=O)C(N)C(C)O)C(=O)NC(Cc1c[nH]c2ccccc12)C(=O)NC(CO)C(=O)O. The molecule has 2 rings (SSSR count). The minimum absolute atomic E-state index is 0.00765. The third-order valence-electron chi connectivity index (χ3n) is 6.14. The Bertz CT molecular complexity index is 1070. The first-order valence-electron chi connectivity index (χ1n) is 11.7. The van der Waals surface area contributed by atoms with E-state index in [0.717, 1.165) is 10.9 Å². The molecule has 0 saturated carbocycles. The molecule has 0 saturated heterocycles. The molecule has 0 aliphatic rings. The summed E-state index contributed by atoms with van der Waals surface area (Å²) in [5.74, 6) is -4.00. The third-order valence-corrected chi connectivity index (χ3v) is 6.14. The van der Waals surface area contributed by atoms with Crippen LogP contribution in [-0.4, -0.2) is 80.9 Å². The number of benzene rings is 1. The Morgan fingerprint density at radius 1 is 1.00 bits per heavy atom. The third kappa shape index (κ3) is 7.26. The monoisotopic (exact) mass is 505 g/mol. The molecule has 0 aliphatic heterocycles. The van der Waals surface area contributed by atoms with Crippen molar-refractivity contribution in [1.29, 1.82) is 0 Å². The molecule has 0 bridgehead atoms. The summed E-state index contributed by atoms with van der Waals surface area (Å²) in [4.78, 5) is 53.2. The van der Waals surface area contributed by atoms with Gasteiger partial charge in [0.1, 0.15) is 24.2 Å². The molecule has 36 heavy (non-hydrogen) atoms. The van der Waals surface area contributed by atoms with Crippen LogP contribution in [0.25, 0.3) is 10.9 Å². The second-order valence-electron chi connectivity index (χ2n) is 8.84. The van der Waals surface area contributed by atoms with Crippen molar-refractivity contribution in [3.05, 3.63) is 36.0 Å². The van der Waals surface area contributed by atoms with E-state index in [1.54, 1.807) is 13.1 Å². The molecule has 1 aromatic heterocycles. The molecule has 0 aliphatic carbocycles. The smallest absolute Gasteiger partial charge is 0.328 e. The summed E-state index contributed by atoms with van der Waals surface area (Å²) in [6.45, 7) is 4.07.